The second-order valence-corrected chi connectivity index (χ2v) is 7.61. The highest BCUT2D eigenvalue weighted by atomic mass is 16.5. The van der Waals surface area contributed by atoms with Crippen LogP contribution in [0.15, 0.2) is 0 Å². The molecule has 1 saturated heterocycles. The van der Waals surface area contributed by atoms with Gasteiger partial charge in [0.05, 0.1) is 0 Å². The number of nitrogens with two attached hydrogens (primary N) is 1. The lowest BCUT2D eigenvalue weighted by molar-refractivity contribution is 0.0495. The molecule has 2 rings (SSSR count). The highest BCUT2D eigenvalue weighted by Gasteiger charge is 2.33. The minimum absolute atomic E-state index is 0.408. The Morgan fingerprint density at radius 1 is 1.16 bits per heavy atom. The standard InChI is InChI=1S/C16H32N2O/c1-16(2)7-4-15(17)14(10-16)12-18(3)11-13-5-8-19-9-6-13/h13-15H,4-12,17H2,1-3H3. The highest BCUT2D eigenvalue weighted by molar-refractivity contribution is 4.88. The Morgan fingerprint density at radius 2 is 1.84 bits per heavy atom. The Kier molecular flexibility index (Phi) is 5.27. The van der Waals surface area contributed by atoms with Crippen LogP contribution in [0, 0.1) is 17.3 Å². The molecule has 0 spiro atoms. The fraction of sp³-hybridized carbons (Fsp3) is 1.00. The second-order valence-electron chi connectivity index (χ2n) is 7.61. The van der Waals surface area contributed by atoms with Gasteiger partial charge in [0, 0.05) is 32.3 Å². The van der Waals surface area contributed by atoms with Crippen LogP contribution >= 0.6 is 0 Å². The molecule has 1 heterocycles. The van der Waals surface area contributed by atoms with E-state index in [1.54, 1.807) is 0 Å². The van der Waals surface area contributed by atoms with Crippen molar-refractivity contribution in [1.82, 2.24) is 4.90 Å². The molecule has 2 N–H and O–H groups in total. The minimum Gasteiger partial charge on any atom is -0.381 e. The molecule has 0 amide bonds. The fourth-order valence-corrected chi connectivity index (χ4v) is 3.80. The van der Waals surface area contributed by atoms with Crippen LogP contribution in [0.5, 0.6) is 0 Å². The summed E-state index contributed by atoms with van der Waals surface area (Å²) in [5.41, 5.74) is 6.82. The van der Waals surface area contributed by atoms with Crippen LogP contribution in [0.1, 0.15) is 46.0 Å². The molecule has 2 unspecified atom stereocenters. The summed E-state index contributed by atoms with van der Waals surface area (Å²) in [4.78, 5) is 2.52. The van der Waals surface area contributed by atoms with Crippen molar-refractivity contribution in [3.8, 4) is 0 Å². The van der Waals surface area contributed by atoms with Crippen molar-refractivity contribution in [1.29, 1.82) is 0 Å². The first-order valence-electron chi connectivity index (χ1n) is 7.98. The molecule has 0 aromatic carbocycles. The summed E-state index contributed by atoms with van der Waals surface area (Å²) in [6.45, 7) is 9.08. The zero-order valence-electron chi connectivity index (χ0n) is 13.0. The maximum atomic E-state index is 6.33. The van der Waals surface area contributed by atoms with Crippen molar-refractivity contribution in [2.24, 2.45) is 23.0 Å². The van der Waals surface area contributed by atoms with E-state index in [1.165, 1.54) is 45.2 Å². The molecular formula is C16H32N2O. The fourth-order valence-electron chi connectivity index (χ4n) is 3.80. The molecule has 3 heteroatoms. The second kappa shape index (κ2) is 6.55. The van der Waals surface area contributed by atoms with Crippen molar-refractivity contribution in [3.63, 3.8) is 0 Å². The molecule has 0 aromatic heterocycles. The maximum Gasteiger partial charge on any atom is 0.0469 e. The van der Waals surface area contributed by atoms with Crippen molar-refractivity contribution in [3.05, 3.63) is 0 Å². The van der Waals surface area contributed by atoms with E-state index in [4.69, 9.17) is 10.5 Å². The number of ether oxygens (including phenoxy) is 1. The first-order valence-corrected chi connectivity index (χ1v) is 7.98. The Bertz CT molecular complexity index is 274. The smallest absolute Gasteiger partial charge is 0.0469 e. The first kappa shape index (κ1) is 15.3. The van der Waals surface area contributed by atoms with Gasteiger partial charge in [0.1, 0.15) is 0 Å². The van der Waals surface area contributed by atoms with Crippen molar-refractivity contribution >= 4 is 0 Å². The molecule has 1 saturated carbocycles. The lowest BCUT2D eigenvalue weighted by atomic mass is 9.70. The molecule has 1 aliphatic carbocycles. The van der Waals surface area contributed by atoms with Crippen LogP contribution in [0.2, 0.25) is 0 Å². The van der Waals surface area contributed by atoms with E-state index in [2.05, 4.69) is 25.8 Å². The minimum atomic E-state index is 0.408. The molecule has 2 atom stereocenters. The number of rotatable bonds is 4. The molecule has 1 aliphatic heterocycles. The predicted octanol–water partition coefficient (Wildman–Crippen LogP) is 2.50. The van der Waals surface area contributed by atoms with Gasteiger partial charge in [-0.25, -0.2) is 0 Å². The summed E-state index contributed by atoms with van der Waals surface area (Å²) in [6.07, 6.45) is 6.22. The zero-order valence-corrected chi connectivity index (χ0v) is 13.0. The molecule has 0 radical (unpaired) electrons. The summed E-state index contributed by atoms with van der Waals surface area (Å²) >= 11 is 0. The largest absolute Gasteiger partial charge is 0.381 e. The van der Waals surface area contributed by atoms with Gasteiger partial charge in [-0.3, -0.25) is 0 Å². The number of hydrogen-bond acceptors (Lipinski definition) is 3. The lowest BCUT2D eigenvalue weighted by Crippen LogP contribution is -2.45. The van der Waals surface area contributed by atoms with E-state index >= 15 is 0 Å². The first-order chi connectivity index (χ1) is 8.96. The summed E-state index contributed by atoms with van der Waals surface area (Å²) in [6, 6.07) is 0.408. The molecule has 0 bridgehead atoms. The summed E-state index contributed by atoms with van der Waals surface area (Å²) in [7, 11) is 2.27. The average molecular weight is 268 g/mol. The van der Waals surface area contributed by atoms with Crippen molar-refractivity contribution in [2.45, 2.75) is 52.0 Å². The molecular weight excluding hydrogens is 236 g/mol. The van der Waals surface area contributed by atoms with Gasteiger partial charge < -0.3 is 15.4 Å². The Morgan fingerprint density at radius 3 is 2.53 bits per heavy atom. The Hall–Kier alpha value is -0.120. The van der Waals surface area contributed by atoms with E-state index in [0.717, 1.165) is 19.1 Å². The molecule has 112 valence electrons. The van der Waals surface area contributed by atoms with Gasteiger partial charge in [-0.15, -0.1) is 0 Å². The van der Waals surface area contributed by atoms with Crippen LogP contribution in [0.3, 0.4) is 0 Å². The van der Waals surface area contributed by atoms with E-state index in [1.807, 2.05) is 0 Å². The third-order valence-corrected chi connectivity index (χ3v) is 5.03. The third-order valence-electron chi connectivity index (χ3n) is 5.03. The van der Waals surface area contributed by atoms with Gasteiger partial charge in [0.25, 0.3) is 0 Å². The Labute approximate surface area is 118 Å². The van der Waals surface area contributed by atoms with Crippen LogP contribution in [0.4, 0.5) is 0 Å². The number of nitrogens with zero attached hydrogens (tertiary/aromatic N) is 1. The summed E-state index contributed by atoms with van der Waals surface area (Å²) < 4.78 is 5.44. The van der Waals surface area contributed by atoms with Crippen LogP contribution in [-0.2, 0) is 4.74 Å². The van der Waals surface area contributed by atoms with E-state index in [0.29, 0.717) is 17.4 Å². The van der Waals surface area contributed by atoms with Gasteiger partial charge in [-0.05, 0) is 56.4 Å². The maximum absolute atomic E-state index is 6.33. The summed E-state index contributed by atoms with van der Waals surface area (Å²) in [5.74, 6) is 1.50. The molecule has 2 aliphatic rings. The lowest BCUT2D eigenvalue weighted by Gasteiger charge is -2.41. The van der Waals surface area contributed by atoms with Crippen molar-refractivity contribution < 1.29 is 4.74 Å². The van der Waals surface area contributed by atoms with E-state index in [-0.39, 0.29) is 0 Å². The number of hydrogen-bond donors (Lipinski definition) is 1. The SMILES string of the molecule is CN(CC1CCOCC1)CC1CC(C)(C)CCC1N. The van der Waals surface area contributed by atoms with E-state index < -0.39 is 0 Å². The normalized spacial score (nSPS) is 32.7. The topological polar surface area (TPSA) is 38.5 Å². The van der Waals surface area contributed by atoms with Gasteiger partial charge in [-0.1, -0.05) is 13.8 Å². The van der Waals surface area contributed by atoms with Gasteiger partial charge in [0.15, 0.2) is 0 Å². The average Bonchev–Trinajstić information content (AvgIpc) is 2.35. The summed E-state index contributed by atoms with van der Waals surface area (Å²) in [5, 5.41) is 0. The zero-order chi connectivity index (χ0) is 13.9. The van der Waals surface area contributed by atoms with Crippen LogP contribution < -0.4 is 5.73 Å². The monoisotopic (exact) mass is 268 g/mol. The quantitative estimate of drug-likeness (QED) is 0.851. The van der Waals surface area contributed by atoms with Crippen LogP contribution in [-0.4, -0.2) is 44.3 Å². The molecule has 19 heavy (non-hydrogen) atoms. The molecule has 3 nitrogen and oxygen atoms in total. The van der Waals surface area contributed by atoms with Crippen LogP contribution in [0.25, 0.3) is 0 Å². The van der Waals surface area contributed by atoms with E-state index in [9.17, 15) is 0 Å². The van der Waals surface area contributed by atoms with Gasteiger partial charge in [-0.2, -0.15) is 0 Å². The predicted molar refractivity (Wildman–Crippen MR) is 80.1 cm³/mol. The Balaban J connectivity index is 1.78. The van der Waals surface area contributed by atoms with Crippen molar-refractivity contribution in [2.75, 3.05) is 33.4 Å². The highest BCUT2D eigenvalue weighted by Crippen LogP contribution is 2.38. The third kappa shape index (κ3) is 4.73. The molecule has 2 fully saturated rings. The van der Waals surface area contributed by atoms with Gasteiger partial charge in [0.2, 0.25) is 0 Å². The molecule has 0 aromatic rings. The van der Waals surface area contributed by atoms with Gasteiger partial charge >= 0.3 is 0 Å².